The number of carbonyl (C=O) groups excluding carboxylic acids is 2. The largest absolute Gasteiger partial charge is 0.410 e. The second kappa shape index (κ2) is 10.3. The minimum atomic E-state index is -4.58. The predicted octanol–water partition coefficient (Wildman–Crippen LogP) is 1.60. The first-order valence-corrected chi connectivity index (χ1v) is 12.5. The minimum Gasteiger partial charge on any atom is -0.387 e. The number of alkyl halides is 4. The number of aliphatic hydroxyl groups is 1. The van der Waals surface area contributed by atoms with Crippen LogP contribution in [0.2, 0.25) is 0 Å². The van der Waals surface area contributed by atoms with E-state index in [-0.39, 0.29) is 43.0 Å². The zero-order valence-electron chi connectivity index (χ0n) is 19.6. The highest BCUT2D eigenvalue weighted by atomic mass is 19.4. The standard InChI is InChI=1S/C23H36F4N4O3/c1-13-5-6-17(24)16-10-18(29-21(13)16)22(34)28-14-3-2-4-15(9-14)30-7-8-31(20(33)12-32)19(11-30)23(25,26)27/h13-19,21,29,32H,2-12H2,1H3,(H,28,34)/t13?,14-,15-,16?,17?,18?,19-,21?/m1/s1. The Morgan fingerprint density at radius 3 is 2.56 bits per heavy atom. The second-order valence-electron chi connectivity index (χ2n) is 10.5. The van der Waals surface area contributed by atoms with Gasteiger partial charge in [0, 0.05) is 43.7 Å². The van der Waals surface area contributed by atoms with Crippen molar-refractivity contribution in [2.24, 2.45) is 11.8 Å². The van der Waals surface area contributed by atoms with E-state index in [2.05, 4.69) is 17.6 Å². The Bertz CT molecular complexity index is 736. The van der Waals surface area contributed by atoms with Crippen LogP contribution in [0.25, 0.3) is 0 Å². The topological polar surface area (TPSA) is 84.9 Å². The fourth-order valence-corrected chi connectivity index (χ4v) is 6.53. The fourth-order valence-electron chi connectivity index (χ4n) is 6.53. The van der Waals surface area contributed by atoms with Gasteiger partial charge in [-0.15, -0.1) is 0 Å². The number of rotatable bonds is 4. The molecule has 2 aliphatic heterocycles. The van der Waals surface area contributed by atoms with E-state index in [1.54, 1.807) is 4.90 Å². The first kappa shape index (κ1) is 25.6. The Hall–Kier alpha value is -1.46. The molecule has 3 N–H and O–H groups in total. The van der Waals surface area contributed by atoms with Crippen LogP contribution >= 0.6 is 0 Å². The Morgan fingerprint density at radius 2 is 1.88 bits per heavy atom. The van der Waals surface area contributed by atoms with Gasteiger partial charge in [0.2, 0.25) is 11.8 Å². The third-order valence-corrected chi connectivity index (χ3v) is 8.41. The van der Waals surface area contributed by atoms with Crippen LogP contribution in [0.15, 0.2) is 0 Å². The van der Waals surface area contributed by atoms with Crippen molar-refractivity contribution in [3.63, 3.8) is 0 Å². The molecule has 4 fully saturated rings. The van der Waals surface area contributed by atoms with Crippen LogP contribution in [0.3, 0.4) is 0 Å². The Kier molecular flexibility index (Phi) is 7.74. The summed E-state index contributed by atoms with van der Waals surface area (Å²) in [7, 11) is 0. The number of nitrogens with one attached hydrogen (secondary N) is 2. The number of nitrogens with zero attached hydrogens (tertiary/aromatic N) is 2. The highest BCUT2D eigenvalue weighted by Crippen LogP contribution is 2.39. The van der Waals surface area contributed by atoms with Crippen molar-refractivity contribution >= 4 is 11.8 Å². The molecule has 194 valence electrons. The zero-order chi connectivity index (χ0) is 24.6. The molecule has 34 heavy (non-hydrogen) atoms. The molecule has 2 saturated heterocycles. The molecule has 2 saturated carbocycles. The van der Waals surface area contributed by atoms with Gasteiger partial charge in [0.25, 0.3) is 0 Å². The SMILES string of the molecule is CC1CCC(F)C2CC(C(=O)N[C@@H]3CCC[C@@H](N4CCN(C(=O)CO)[C@@H](C(F)(F)F)C4)C3)NC12. The van der Waals surface area contributed by atoms with Crippen LogP contribution in [0, 0.1) is 11.8 Å². The smallest absolute Gasteiger partial charge is 0.387 e. The molecule has 7 nitrogen and oxygen atoms in total. The van der Waals surface area contributed by atoms with Crippen LogP contribution in [0.4, 0.5) is 17.6 Å². The van der Waals surface area contributed by atoms with E-state index in [0.717, 1.165) is 30.6 Å². The van der Waals surface area contributed by atoms with Crippen LogP contribution in [0.5, 0.6) is 0 Å². The second-order valence-corrected chi connectivity index (χ2v) is 10.5. The highest BCUT2D eigenvalue weighted by molar-refractivity contribution is 5.82. The number of amides is 2. The lowest BCUT2D eigenvalue weighted by Crippen LogP contribution is -2.63. The van der Waals surface area contributed by atoms with Gasteiger partial charge in [-0.2, -0.15) is 13.2 Å². The third-order valence-electron chi connectivity index (χ3n) is 8.41. The molecule has 5 unspecified atom stereocenters. The number of aliphatic hydroxyl groups excluding tert-OH is 1. The number of carbonyl (C=O) groups is 2. The van der Waals surface area contributed by atoms with E-state index in [9.17, 15) is 27.2 Å². The summed E-state index contributed by atoms with van der Waals surface area (Å²) in [5.74, 6) is -0.876. The van der Waals surface area contributed by atoms with Crippen LogP contribution in [-0.4, -0.2) is 95.5 Å². The van der Waals surface area contributed by atoms with Gasteiger partial charge in [-0.3, -0.25) is 14.5 Å². The van der Waals surface area contributed by atoms with Gasteiger partial charge >= 0.3 is 6.18 Å². The quantitative estimate of drug-likeness (QED) is 0.520. The van der Waals surface area contributed by atoms with E-state index >= 15 is 0 Å². The number of piperazine rings is 1. The monoisotopic (exact) mass is 492 g/mol. The zero-order valence-corrected chi connectivity index (χ0v) is 19.6. The molecule has 2 amide bonds. The molecule has 0 bridgehead atoms. The van der Waals surface area contributed by atoms with E-state index in [0.29, 0.717) is 31.7 Å². The van der Waals surface area contributed by atoms with E-state index in [1.165, 1.54) is 0 Å². The summed E-state index contributed by atoms with van der Waals surface area (Å²) in [6.07, 6.45) is -0.811. The summed E-state index contributed by atoms with van der Waals surface area (Å²) >= 11 is 0. The van der Waals surface area contributed by atoms with Crippen molar-refractivity contribution < 1.29 is 32.3 Å². The Morgan fingerprint density at radius 1 is 1.12 bits per heavy atom. The van der Waals surface area contributed by atoms with Crippen LogP contribution < -0.4 is 10.6 Å². The van der Waals surface area contributed by atoms with E-state index in [4.69, 9.17) is 5.11 Å². The molecule has 0 aromatic carbocycles. The first-order chi connectivity index (χ1) is 16.1. The van der Waals surface area contributed by atoms with Crippen molar-refractivity contribution in [1.82, 2.24) is 20.4 Å². The first-order valence-electron chi connectivity index (χ1n) is 12.5. The van der Waals surface area contributed by atoms with Gasteiger partial charge in [0.1, 0.15) is 18.8 Å². The summed E-state index contributed by atoms with van der Waals surface area (Å²) in [6, 6.07) is -2.63. The molecule has 0 radical (unpaired) electrons. The summed E-state index contributed by atoms with van der Waals surface area (Å²) in [6.45, 7) is 1.03. The number of halogens is 4. The summed E-state index contributed by atoms with van der Waals surface area (Å²) in [5.41, 5.74) is 0. The van der Waals surface area contributed by atoms with Crippen LogP contribution in [-0.2, 0) is 9.59 Å². The van der Waals surface area contributed by atoms with Gasteiger partial charge < -0.3 is 20.6 Å². The maximum Gasteiger partial charge on any atom is 0.410 e. The van der Waals surface area contributed by atoms with Gasteiger partial charge in [-0.1, -0.05) is 6.92 Å². The number of hydrogen-bond donors (Lipinski definition) is 3. The molecule has 0 aromatic heterocycles. The lowest BCUT2D eigenvalue weighted by atomic mass is 9.77. The molecular weight excluding hydrogens is 456 g/mol. The van der Waals surface area contributed by atoms with Crippen molar-refractivity contribution in [2.45, 2.75) is 94.4 Å². The molecule has 0 spiro atoms. The molecular formula is C23H36F4N4O3. The minimum absolute atomic E-state index is 0.0100. The van der Waals surface area contributed by atoms with E-state index in [1.807, 2.05) is 0 Å². The number of fused-ring (bicyclic) bond motifs is 1. The molecule has 4 rings (SSSR count). The van der Waals surface area contributed by atoms with Gasteiger partial charge in [-0.05, 0) is 50.9 Å². The molecule has 4 aliphatic rings. The maximum absolute atomic E-state index is 14.4. The molecule has 11 heteroatoms. The highest BCUT2D eigenvalue weighted by Gasteiger charge is 2.50. The molecule has 0 aromatic rings. The van der Waals surface area contributed by atoms with Crippen molar-refractivity contribution in [3.8, 4) is 0 Å². The van der Waals surface area contributed by atoms with Crippen LogP contribution in [0.1, 0.15) is 51.9 Å². The Labute approximate surface area is 197 Å². The third kappa shape index (κ3) is 5.36. The van der Waals surface area contributed by atoms with E-state index < -0.39 is 36.9 Å². The fraction of sp³-hybridized carbons (Fsp3) is 0.913. The summed E-state index contributed by atoms with van der Waals surface area (Å²) in [5, 5.41) is 15.5. The van der Waals surface area contributed by atoms with Crippen molar-refractivity contribution in [1.29, 1.82) is 0 Å². The summed E-state index contributed by atoms with van der Waals surface area (Å²) in [4.78, 5) is 27.3. The lowest BCUT2D eigenvalue weighted by molar-refractivity contribution is -0.204. The molecule has 2 heterocycles. The lowest BCUT2D eigenvalue weighted by Gasteiger charge is -2.46. The van der Waals surface area contributed by atoms with Gasteiger partial charge in [-0.25, -0.2) is 4.39 Å². The van der Waals surface area contributed by atoms with Gasteiger partial charge in [0.05, 0.1) is 6.04 Å². The van der Waals surface area contributed by atoms with Crippen molar-refractivity contribution in [3.05, 3.63) is 0 Å². The molecule has 2 aliphatic carbocycles. The summed E-state index contributed by atoms with van der Waals surface area (Å²) < 4.78 is 55.3. The maximum atomic E-state index is 14.4. The number of hydrogen-bond acceptors (Lipinski definition) is 5. The predicted molar refractivity (Wildman–Crippen MR) is 117 cm³/mol. The average molecular weight is 493 g/mol. The normalized spacial score (nSPS) is 39.5. The average Bonchev–Trinajstić information content (AvgIpc) is 3.27. The van der Waals surface area contributed by atoms with Crippen molar-refractivity contribution in [2.75, 3.05) is 26.2 Å². The Balaban J connectivity index is 1.34. The molecule has 8 atom stereocenters. The van der Waals surface area contributed by atoms with Gasteiger partial charge in [0.15, 0.2) is 0 Å².